The molecule has 0 saturated carbocycles. The standard InChI is InChI=1S/C18H18O2.C11H13NO4.C11H14O2.2C8H16O2.C6H9Cl3O2.C6H10O2.C6H12.CH4/c1-12(2)18(19)20-11-17-15-9-5-3-7-13(15)14-8-4-6-10-16(14)17;1-8(2)11(13)16-7-9-5-3-4-6-10(9)12(14)15;1-9(2)11(12)13-8-10-6-4-3-5-7-10;1-6(2)7(9)10-8(3,4)5;1-4-5-6-10-8(9)7(2)3;1-4(2)5(10)11-3-6(7,8)9;1-4-8-6(7)5(2)3;1-5(2)6(3)4;/h3-10,12,17H,11H2,1-2H3;3-6,8H,7H2,1-2H3;3-7,9H,8H2,1-2H3;6H,1-5H3;7H,4-6H2,1-3H3;4H,3H2,1-2H3;4-5H,1H2,2-3H3;1-4H3;1H4. The summed E-state index contributed by atoms with van der Waals surface area (Å²) in [6, 6.07) is 32.6. The summed E-state index contributed by atoms with van der Waals surface area (Å²) in [6.07, 6.45) is 3.19. The Kier molecular flexibility index (Phi) is 50.9. The quantitative estimate of drug-likeness (QED) is 0.0124. The topological polar surface area (TPSA) is 227 Å². The van der Waals surface area contributed by atoms with Crippen LogP contribution in [-0.2, 0) is 79.9 Å². The van der Waals surface area contributed by atoms with E-state index in [4.69, 9.17) is 58.5 Å². The summed E-state index contributed by atoms with van der Waals surface area (Å²) < 4.78 is 33.0. The van der Waals surface area contributed by atoms with Gasteiger partial charge in [0.2, 0.25) is 3.79 Å². The van der Waals surface area contributed by atoms with Gasteiger partial charge in [0, 0.05) is 12.0 Å². The minimum atomic E-state index is -1.51. The molecule has 0 spiro atoms. The summed E-state index contributed by atoms with van der Waals surface area (Å²) >= 11 is 16.0. The Morgan fingerprint density at radius 3 is 1.24 bits per heavy atom. The number of hydrogen-bond acceptors (Lipinski definition) is 16. The first-order chi connectivity index (χ1) is 43.6. The van der Waals surface area contributed by atoms with E-state index < -0.39 is 8.72 Å². The Labute approximate surface area is 583 Å². The van der Waals surface area contributed by atoms with Gasteiger partial charge in [-0.05, 0) is 88.8 Å². The van der Waals surface area contributed by atoms with Crippen molar-refractivity contribution in [1.29, 1.82) is 0 Å². The lowest BCUT2D eigenvalue weighted by molar-refractivity contribution is -0.385. The molecule has 0 N–H and O–H groups in total. The van der Waals surface area contributed by atoms with E-state index in [1.807, 2.05) is 119 Å². The van der Waals surface area contributed by atoms with E-state index in [0.717, 1.165) is 24.7 Å². The van der Waals surface area contributed by atoms with E-state index in [2.05, 4.69) is 87.1 Å². The molecule has 0 amide bonds. The average Bonchev–Trinajstić information content (AvgIpc) is 1.62. The van der Waals surface area contributed by atoms with Crippen LogP contribution in [0.15, 0.2) is 127 Å². The van der Waals surface area contributed by atoms with Gasteiger partial charge < -0.3 is 33.2 Å². The Balaban J connectivity index is -0.000000510. The van der Waals surface area contributed by atoms with Crippen molar-refractivity contribution in [1.82, 2.24) is 0 Å². The van der Waals surface area contributed by atoms with Crippen LogP contribution in [0.1, 0.15) is 201 Å². The predicted molar refractivity (Wildman–Crippen MR) is 383 cm³/mol. The van der Waals surface area contributed by atoms with E-state index in [0.29, 0.717) is 25.4 Å². The number of unbranched alkanes of at least 4 members (excludes halogenated alkanes) is 1. The van der Waals surface area contributed by atoms with Crippen molar-refractivity contribution in [3.05, 3.63) is 159 Å². The highest BCUT2D eigenvalue weighted by Crippen LogP contribution is 2.44. The number of esters is 7. The Bertz CT molecular complexity index is 2860. The van der Waals surface area contributed by atoms with E-state index in [1.54, 1.807) is 59.7 Å². The molecule has 0 aromatic heterocycles. The number of carbonyl (C=O) groups excluding carboxylic acids is 7. The van der Waals surface area contributed by atoms with E-state index >= 15 is 0 Å². The van der Waals surface area contributed by atoms with E-state index in [-0.39, 0.29) is 121 Å². The number of carbonyl (C=O) groups is 7. The molecule has 534 valence electrons. The van der Waals surface area contributed by atoms with Gasteiger partial charge in [-0.3, -0.25) is 43.7 Å². The lowest BCUT2D eigenvalue weighted by Gasteiger charge is -2.20. The molecule has 0 radical (unpaired) electrons. The summed E-state index contributed by atoms with van der Waals surface area (Å²) in [5.41, 5.74) is 8.93. The molecular weight excluding hydrogens is 1280 g/mol. The van der Waals surface area contributed by atoms with Crippen molar-refractivity contribution in [2.24, 2.45) is 41.4 Å². The number of ether oxygens (including phenoxy) is 7. The van der Waals surface area contributed by atoms with Gasteiger partial charge >= 0.3 is 41.8 Å². The first kappa shape index (κ1) is 94.3. The van der Waals surface area contributed by atoms with Gasteiger partial charge in [-0.1, -0.05) is 261 Å². The first-order valence-electron chi connectivity index (χ1n) is 31.6. The zero-order chi connectivity index (χ0) is 73.1. The zero-order valence-corrected chi connectivity index (χ0v) is 62.0. The van der Waals surface area contributed by atoms with Crippen molar-refractivity contribution in [2.75, 3.05) is 19.8 Å². The number of benzene rings is 4. The molecule has 4 aromatic rings. The molecular formula is C75H112Cl3NO16. The summed E-state index contributed by atoms with van der Waals surface area (Å²) in [5.74, 6) is -1.95. The molecule has 20 heteroatoms. The SMILES string of the molecule is C.C=COC(=O)C(C)C.CC(C)=C(C)C.CC(C)C(=O)OC(C)(C)C.CC(C)C(=O)OCC(Cl)(Cl)Cl.CC(C)C(=O)OCC1c2ccccc2-c2ccccc21.CC(C)C(=O)OCc1ccccc1.CC(C)C(=O)OCc1ccccc1[N+](=O)[O-].CCCCOC(=O)C(C)C. The molecule has 0 saturated heterocycles. The number of alkyl halides is 3. The summed E-state index contributed by atoms with van der Waals surface area (Å²) in [4.78, 5) is 87.2. The maximum Gasteiger partial charge on any atom is 0.313 e. The van der Waals surface area contributed by atoms with Gasteiger partial charge in [0.1, 0.15) is 32.0 Å². The molecule has 0 bridgehead atoms. The molecule has 4 aromatic carbocycles. The van der Waals surface area contributed by atoms with E-state index in [9.17, 15) is 43.7 Å². The van der Waals surface area contributed by atoms with Crippen LogP contribution in [0.5, 0.6) is 0 Å². The number of nitro benzene ring substituents is 1. The summed E-state index contributed by atoms with van der Waals surface area (Å²) in [7, 11) is 0. The van der Waals surface area contributed by atoms with Gasteiger partial charge in [-0.25, -0.2) is 0 Å². The maximum atomic E-state index is 11.7. The van der Waals surface area contributed by atoms with E-state index in [1.165, 1.54) is 39.5 Å². The van der Waals surface area contributed by atoms with Crippen LogP contribution in [0.25, 0.3) is 11.1 Å². The Morgan fingerprint density at radius 1 is 0.516 bits per heavy atom. The van der Waals surface area contributed by atoms with Gasteiger partial charge in [0.25, 0.3) is 5.69 Å². The lowest BCUT2D eigenvalue weighted by Crippen LogP contribution is -2.26. The molecule has 0 fully saturated rings. The highest BCUT2D eigenvalue weighted by Gasteiger charge is 2.29. The van der Waals surface area contributed by atoms with Crippen molar-refractivity contribution < 1.29 is 71.6 Å². The Hall–Kier alpha value is -7.08. The van der Waals surface area contributed by atoms with Crippen LogP contribution >= 0.6 is 34.8 Å². The lowest BCUT2D eigenvalue weighted by atomic mass is 9.98. The number of fused-ring (bicyclic) bond motifs is 3. The fourth-order valence-corrected chi connectivity index (χ4v) is 6.40. The van der Waals surface area contributed by atoms with Gasteiger partial charge in [-0.2, -0.15) is 0 Å². The fourth-order valence-electron chi connectivity index (χ4n) is 6.23. The van der Waals surface area contributed by atoms with Crippen molar-refractivity contribution in [3.8, 4) is 11.1 Å². The zero-order valence-electron chi connectivity index (χ0n) is 59.8. The van der Waals surface area contributed by atoms with Crippen LogP contribution in [-0.4, -0.2) is 75.9 Å². The highest BCUT2D eigenvalue weighted by molar-refractivity contribution is 6.67. The predicted octanol–water partition coefficient (Wildman–Crippen LogP) is 19.5. The second kappa shape index (κ2) is 51.2. The maximum absolute atomic E-state index is 11.7. The average molecular weight is 1390 g/mol. The number of hydrogen-bond donors (Lipinski definition) is 0. The molecule has 1 aliphatic rings. The third-order valence-corrected chi connectivity index (χ3v) is 12.5. The van der Waals surface area contributed by atoms with Crippen LogP contribution in [0.4, 0.5) is 5.69 Å². The molecule has 0 atom stereocenters. The van der Waals surface area contributed by atoms with Crippen LogP contribution in [0, 0.1) is 51.5 Å². The van der Waals surface area contributed by atoms with Crippen molar-refractivity contribution in [3.63, 3.8) is 0 Å². The molecule has 95 heavy (non-hydrogen) atoms. The molecule has 0 heterocycles. The first-order valence-corrected chi connectivity index (χ1v) is 32.7. The smallest absolute Gasteiger partial charge is 0.313 e. The Morgan fingerprint density at radius 2 is 0.884 bits per heavy atom. The van der Waals surface area contributed by atoms with Crippen LogP contribution in [0.3, 0.4) is 0 Å². The van der Waals surface area contributed by atoms with Crippen molar-refractivity contribution in [2.45, 2.75) is 201 Å². The number of allylic oxidation sites excluding steroid dienone is 2. The number of halogens is 3. The third-order valence-electron chi connectivity index (χ3n) is 12.2. The number of nitro groups is 1. The monoisotopic (exact) mass is 1390 g/mol. The largest absolute Gasteiger partial charge is 0.465 e. The third kappa shape index (κ3) is 46.6. The van der Waals surface area contributed by atoms with Gasteiger partial charge in [-0.15, -0.1) is 0 Å². The number of rotatable bonds is 19. The molecule has 0 aliphatic heterocycles. The molecule has 0 unspecified atom stereocenters. The fraction of sp³-hybridized carbons (Fsp3) is 0.533. The summed E-state index contributed by atoms with van der Waals surface area (Å²) in [5, 5.41) is 10.7. The second-order valence-corrected chi connectivity index (χ2v) is 27.4. The highest BCUT2D eigenvalue weighted by atomic mass is 35.6. The minimum Gasteiger partial charge on any atom is -0.465 e. The van der Waals surface area contributed by atoms with Gasteiger partial charge in [0.15, 0.2) is 0 Å². The van der Waals surface area contributed by atoms with Crippen LogP contribution < -0.4 is 0 Å². The molecule has 17 nitrogen and oxygen atoms in total. The number of nitrogens with zero attached hydrogens (tertiary/aromatic N) is 1. The second-order valence-electron chi connectivity index (χ2n) is 24.9. The normalized spacial score (nSPS) is 10.8. The molecule has 1 aliphatic carbocycles. The minimum absolute atomic E-state index is 0. The number of para-hydroxylation sites is 1. The van der Waals surface area contributed by atoms with Crippen molar-refractivity contribution >= 4 is 82.3 Å². The van der Waals surface area contributed by atoms with Gasteiger partial charge in [0.05, 0.1) is 64.8 Å². The van der Waals surface area contributed by atoms with Crippen LogP contribution in [0.2, 0.25) is 0 Å². The molecule has 5 rings (SSSR count). The summed E-state index contributed by atoms with van der Waals surface area (Å²) in [6.45, 7) is 45.6.